The molecule has 1 aliphatic rings. The minimum Gasteiger partial charge on any atom is -0.397 e. The highest BCUT2D eigenvalue weighted by molar-refractivity contribution is 7.99. The summed E-state index contributed by atoms with van der Waals surface area (Å²) in [5, 5.41) is 13.5. The predicted molar refractivity (Wildman–Crippen MR) is 137 cm³/mol. The van der Waals surface area contributed by atoms with E-state index < -0.39 is 0 Å². The lowest BCUT2D eigenvalue weighted by Gasteiger charge is -2.14. The molecule has 1 saturated heterocycles. The van der Waals surface area contributed by atoms with Crippen molar-refractivity contribution in [2.45, 2.75) is 44.5 Å². The number of ether oxygens (including phenoxy) is 1. The van der Waals surface area contributed by atoms with Crippen LogP contribution in [0.5, 0.6) is 0 Å². The van der Waals surface area contributed by atoms with Crippen molar-refractivity contribution in [3.63, 3.8) is 0 Å². The van der Waals surface area contributed by atoms with Crippen LogP contribution >= 0.6 is 23.1 Å². The third-order valence-corrected chi connectivity index (χ3v) is 7.76. The van der Waals surface area contributed by atoms with Gasteiger partial charge in [-0.15, -0.1) is 21.5 Å². The molecule has 3 aromatic heterocycles. The van der Waals surface area contributed by atoms with Crippen molar-refractivity contribution in [1.82, 2.24) is 19.7 Å². The van der Waals surface area contributed by atoms with Crippen LogP contribution in [0.2, 0.25) is 0 Å². The Morgan fingerprint density at radius 2 is 2.12 bits per heavy atom. The average Bonchev–Trinajstić information content (AvgIpc) is 3.52. The van der Waals surface area contributed by atoms with Crippen molar-refractivity contribution in [3.8, 4) is 10.7 Å². The van der Waals surface area contributed by atoms with E-state index in [0.717, 1.165) is 51.4 Å². The molecule has 0 unspecified atom stereocenters. The Kier molecular flexibility index (Phi) is 6.53. The molecule has 10 heteroatoms. The van der Waals surface area contributed by atoms with Gasteiger partial charge in [0.25, 0.3) is 0 Å². The van der Waals surface area contributed by atoms with Crippen LogP contribution in [-0.2, 0) is 16.1 Å². The molecular weight excluding hydrogens is 468 g/mol. The molecule has 3 N–H and O–H groups in total. The number of nitrogens with one attached hydrogen (secondary N) is 1. The van der Waals surface area contributed by atoms with E-state index in [-0.39, 0.29) is 17.8 Å². The molecular formula is C24H26N6O2S2. The smallest absolute Gasteiger partial charge is 0.234 e. The number of aromatic nitrogens is 4. The summed E-state index contributed by atoms with van der Waals surface area (Å²) < 4.78 is 7.92. The van der Waals surface area contributed by atoms with Gasteiger partial charge in [0.1, 0.15) is 4.83 Å². The Balaban J connectivity index is 1.39. The minimum atomic E-state index is -0.0891. The van der Waals surface area contributed by atoms with Crippen LogP contribution < -0.4 is 11.1 Å². The summed E-state index contributed by atoms with van der Waals surface area (Å²) in [4.78, 5) is 18.8. The number of benzene rings is 1. The second-order valence-electron chi connectivity index (χ2n) is 8.47. The fourth-order valence-electron chi connectivity index (χ4n) is 4.21. The number of thiophene rings is 1. The topological polar surface area (TPSA) is 108 Å². The number of thioether (sulfide) groups is 1. The molecule has 8 nitrogen and oxygen atoms in total. The number of anilines is 2. The summed E-state index contributed by atoms with van der Waals surface area (Å²) in [6, 6.07) is 9.85. The lowest BCUT2D eigenvalue weighted by atomic mass is 10.1. The quantitative estimate of drug-likeness (QED) is 0.360. The van der Waals surface area contributed by atoms with Crippen molar-refractivity contribution < 1.29 is 9.53 Å². The Morgan fingerprint density at radius 3 is 2.85 bits per heavy atom. The van der Waals surface area contributed by atoms with Gasteiger partial charge in [-0.3, -0.25) is 9.36 Å². The maximum Gasteiger partial charge on any atom is 0.234 e. The van der Waals surface area contributed by atoms with E-state index in [9.17, 15) is 4.79 Å². The number of carbonyl (C=O) groups excluding carboxylic acids is 1. The van der Waals surface area contributed by atoms with E-state index in [0.29, 0.717) is 23.2 Å². The van der Waals surface area contributed by atoms with Gasteiger partial charge in [0.2, 0.25) is 5.91 Å². The number of nitrogens with zero attached hydrogens (tertiary/aromatic N) is 4. The maximum atomic E-state index is 12.7. The number of aryl methyl sites for hydroxylation is 2. The first-order valence-corrected chi connectivity index (χ1v) is 13.0. The number of nitrogen functional groups attached to an aromatic ring is 1. The van der Waals surface area contributed by atoms with Gasteiger partial charge >= 0.3 is 0 Å². The third-order valence-electron chi connectivity index (χ3n) is 5.67. The van der Waals surface area contributed by atoms with Crippen LogP contribution in [-0.4, -0.2) is 44.1 Å². The number of rotatable bonds is 7. The van der Waals surface area contributed by atoms with Crippen LogP contribution in [0.25, 0.3) is 20.9 Å². The summed E-state index contributed by atoms with van der Waals surface area (Å²) in [6.07, 6.45) is 3.87. The maximum absolute atomic E-state index is 12.7. The molecule has 1 aliphatic heterocycles. The Morgan fingerprint density at radius 1 is 1.29 bits per heavy atom. The normalized spacial score (nSPS) is 15.8. The lowest BCUT2D eigenvalue weighted by Crippen LogP contribution is -2.18. The fraction of sp³-hybridized carbons (Fsp3) is 0.333. The monoisotopic (exact) mass is 494 g/mol. The van der Waals surface area contributed by atoms with Crippen LogP contribution in [0, 0.1) is 13.8 Å². The Bertz CT molecular complexity index is 1320. The molecule has 34 heavy (non-hydrogen) atoms. The molecule has 0 radical (unpaired) electrons. The van der Waals surface area contributed by atoms with Gasteiger partial charge in [0.05, 0.1) is 29.0 Å². The van der Waals surface area contributed by atoms with Crippen molar-refractivity contribution in [1.29, 1.82) is 0 Å². The van der Waals surface area contributed by atoms with Crippen molar-refractivity contribution >= 4 is 50.6 Å². The molecule has 0 aliphatic carbocycles. The number of hydrogen-bond acceptors (Lipinski definition) is 8. The largest absolute Gasteiger partial charge is 0.397 e. The summed E-state index contributed by atoms with van der Waals surface area (Å²) in [5.74, 6) is 0.821. The summed E-state index contributed by atoms with van der Waals surface area (Å²) in [5.41, 5.74) is 10.2. The van der Waals surface area contributed by atoms with Gasteiger partial charge in [0.15, 0.2) is 11.0 Å². The highest BCUT2D eigenvalue weighted by atomic mass is 32.2. The van der Waals surface area contributed by atoms with Crippen LogP contribution in [0.4, 0.5) is 11.4 Å². The minimum absolute atomic E-state index is 0.0891. The molecule has 1 amide bonds. The molecule has 0 saturated carbocycles. The Labute approximate surface area is 205 Å². The van der Waals surface area contributed by atoms with E-state index in [1.165, 1.54) is 23.1 Å². The van der Waals surface area contributed by atoms with Crippen molar-refractivity contribution in [3.05, 3.63) is 47.7 Å². The number of pyridine rings is 1. The fourth-order valence-corrected chi connectivity index (χ4v) is 6.02. The number of nitrogens with two attached hydrogens (primary N) is 1. The SMILES string of the molecule is Cc1cc(C)cc(NC(=O)CSc2nnc(-c3sc4ncccc4c3N)n2C[C@@H]2CCCO2)c1. The van der Waals surface area contributed by atoms with Crippen LogP contribution in [0.1, 0.15) is 24.0 Å². The first-order chi connectivity index (χ1) is 16.5. The molecule has 4 heterocycles. The van der Waals surface area contributed by atoms with Gasteiger partial charge in [-0.2, -0.15) is 0 Å². The number of fused-ring (bicyclic) bond motifs is 1. The van der Waals surface area contributed by atoms with Gasteiger partial charge in [-0.1, -0.05) is 17.8 Å². The zero-order valence-electron chi connectivity index (χ0n) is 19.1. The van der Waals surface area contributed by atoms with Crippen molar-refractivity contribution in [2.75, 3.05) is 23.4 Å². The van der Waals surface area contributed by atoms with Gasteiger partial charge in [0, 0.05) is 23.9 Å². The molecule has 4 aromatic rings. The molecule has 1 fully saturated rings. The average molecular weight is 495 g/mol. The highest BCUT2D eigenvalue weighted by Gasteiger charge is 2.25. The molecule has 5 rings (SSSR count). The highest BCUT2D eigenvalue weighted by Crippen LogP contribution is 2.40. The second kappa shape index (κ2) is 9.73. The standard InChI is InChI=1S/C24H26N6O2S2/c1-14-9-15(2)11-16(10-14)27-19(31)13-33-24-29-28-22(30(24)12-17-5-4-8-32-17)21-20(25)18-6-3-7-26-23(18)34-21/h3,6-7,9-11,17H,4-5,8,12-13,25H2,1-2H3,(H,27,31)/t17-/m0/s1. The lowest BCUT2D eigenvalue weighted by molar-refractivity contribution is -0.113. The summed E-state index contributed by atoms with van der Waals surface area (Å²) in [6.45, 7) is 5.41. The van der Waals surface area contributed by atoms with Gasteiger partial charge < -0.3 is 15.8 Å². The summed E-state index contributed by atoms with van der Waals surface area (Å²) >= 11 is 2.87. The van der Waals surface area contributed by atoms with E-state index in [4.69, 9.17) is 10.5 Å². The zero-order chi connectivity index (χ0) is 23.7. The zero-order valence-corrected chi connectivity index (χ0v) is 20.7. The van der Waals surface area contributed by atoms with E-state index >= 15 is 0 Å². The number of amides is 1. The number of carbonyl (C=O) groups is 1. The summed E-state index contributed by atoms with van der Waals surface area (Å²) in [7, 11) is 0. The van der Waals surface area contributed by atoms with Gasteiger partial charge in [-0.25, -0.2) is 4.98 Å². The van der Waals surface area contributed by atoms with E-state index in [1.807, 2.05) is 42.7 Å². The van der Waals surface area contributed by atoms with E-state index in [1.54, 1.807) is 6.20 Å². The van der Waals surface area contributed by atoms with Crippen molar-refractivity contribution in [2.24, 2.45) is 0 Å². The predicted octanol–water partition coefficient (Wildman–Crippen LogP) is 4.66. The molecule has 176 valence electrons. The second-order valence-corrected chi connectivity index (χ2v) is 10.4. The third kappa shape index (κ3) is 4.79. The molecule has 0 bridgehead atoms. The van der Waals surface area contributed by atoms with Crippen LogP contribution in [0.15, 0.2) is 41.7 Å². The Hall–Kier alpha value is -2.95. The first-order valence-electron chi connectivity index (χ1n) is 11.2. The van der Waals surface area contributed by atoms with E-state index in [2.05, 4.69) is 26.6 Å². The first kappa shape index (κ1) is 22.8. The molecule has 1 atom stereocenters. The van der Waals surface area contributed by atoms with Gasteiger partial charge in [-0.05, 0) is 62.1 Å². The molecule has 0 spiro atoms. The number of hydrogen-bond donors (Lipinski definition) is 2. The van der Waals surface area contributed by atoms with Crippen LogP contribution in [0.3, 0.4) is 0 Å². The molecule has 1 aromatic carbocycles.